The van der Waals surface area contributed by atoms with Crippen LogP contribution >= 0.6 is 0 Å². The minimum Gasteiger partial charge on any atom is -0.369 e. The lowest BCUT2D eigenvalue weighted by Crippen LogP contribution is -2.40. The molecule has 0 aromatic heterocycles. The molecule has 1 atom stereocenters. The van der Waals surface area contributed by atoms with Crippen LogP contribution in [0.15, 0.2) is 18.2 Å². The van der Waals surface area contributed by atoms with Crippen molar-refractivity contribution in [1.29, 1.82) is 0 Å². The van der Waals surface area contributed by atoms with Crippen LogP contribution in [0.1, 0.15) is 33.3 Å². The van der Waals surface area contributed by atoms with Gasteiger partial charge < -0.3 is 10.6 Å². The minimum absolute atomic E-state index is 0.0943. The fraction of sp³-hybridized carbons (Fsp3) is 0.600. The van der Waals surface area contributed by atoms with Crippen LogP contribution < -0.4 is 10.6 Å². The summed E-state index contributed by atoms with van der Waals surface area (Å²) in [6.07, 6.45) is 0.703. The van der Waals surface area contributed by atoms with Crippen LogP contribution in [0.25, 0.3) is 0 Å². The molecular formula is C15H25FN2. The first-order valence-electron chi connectivity index (χ1n) is 6.49. The molecule has 1 aromatic rings. The Morgan fingerprint density at radius 1 is 1.33 bits per heavy atom. The van der Waals surface area contributed by atoms with Gasteiger partial charge in [-0.3, -0.25) is 0 Å². The summed E-state index contributed by atoms with van der Waals surface area (Å²) in [4.78, 5) is 2.03. The molecule has 1 unspecified atom stereocenters. The number of para-hydroxylation sites is 1. The number of nitrogens with zero attached hydrogens (tertiary/aromatic N) is 1. The smallest absolute Gasteiger partial charge is 0.146 e. The lowest BCUT2D eigenvalue weighted by molar-refractivity contribution is 0.328. The second-order valence-corrected chi connectivity index (χ2v) is 5.94. The molecule has 0 fully saturated rings. The molecule has 0 aliphatic carbocycles. The number of rotatable bonds is 4. The van der Waals surface area contributed by atoms with Crippen molar-refractivity contribution in [2.24, 2.45) is 11.1 Å². The van der Waals surface area contributed by atoms with Gasteiger partial charge in [-0.25, -0.2) is 4.39 Å². The molecule has 2 nitrogen and oxygen atoms in total. The van der Waals surface area contributed by atoms with Crippen LogP contribution in [0, 0.1) is 11.2 Å². The highest BCUT2D eigenvalue weighted by Crippen LogP contribution is 2.31. The van der Waals surface area contributed by atoms with Gasteiger partial charge >= 0.3 is 0 Å². The van der Waals surface area contributed by atoms with Gasteiger partial charge in [-0.2, -0.15) is 0 Å². The Kier molecular flexibility index (Phi) is 4.74. The Morgan fingerprint density at radius 3 is 2.44 bits per heavy atom. The summed E-state index contributed by atoms with van der Waals surface area (Å²) in [5, 5.41) is 0. The summed E-state index contributed by atoms with van der Waals surface area (Å²) in [5.41, 5.74) is 7.36. The zero-order valence-corrected chi connectivity index (χ0v) is 12.1. The molecule has 0 spiro atoms. The second kappa shape index (κ2) is 5.70. The van der Waals surface area contributed by atoms with E-state index in [9.17, 15) is 4.39 Å². The summed E-state index contributed by atoms with van der Waals surface area (Å²) >= 11 is 0. The van der Waals surface area contributed by atoms with E-state index in [1.165, 1.54) is 6.07 Å². The lowest BCUT2D eigenvalue weighted by atomic mass is 9.86. The maximum atomic E-state index is 14.1. The Labute approximate surface area is 110 Å². The third-order valence-electron chi connectivity index (χ3n) is 3.67. The van der Waals surface area contributed by atoms with E-state index < -0.39 is 0 Å². The van der Waals surface area contributed by atoms with E-state index in [0.717, 1.165) is 5.56 Å². The Hall–Kier alpha value is -1.09. The van der Waals surface area contributed by atoms with E-state index >= 15 is 0 Å². The van der Waals surface area contributed by atoms with Crippen molar-refractivity contribution < 1.29 is 4.39 Å². The molecule has 18 heavy (non-hydrogen) atoms. The van der Waals surface area contributed by atoms with Crippen LogP contribution in [0.5, 0.6) is 0 Å². The SMILES string of the molecule is CC(N(C)c1c(F)cccc1CCN)C(C)(C)C. The van der Waals surface area contributed by atoms with E-state index in [1.807, 2.05) is 18.0 Å². The Balaban J connectivity index is 3.15. The zero-order valence-electron chi connectivity index (χ0n) is 12.1. The Bertz CT molecular complexity index is 396. The van der Waals surface area contributed by atoms with Crippen LogP contribution in [-0.2, 0) is 6.42 Å². The highest BCUT2D eigenvalue weighted by molar-refractivity contribution is 5.55. The summed E-state index contributed by atoms with van der Waals surface area (Å²) < 4.78 is 14.1. The quantitative estimate of drug-likeness (QED) is 0.891. The monoisotopic (exact) mass is 252 g/mol. The fourth-order valence-electron chi connectivity index (χ4n) is 2.09. The highest BCUT2D eigenvalue weighted by Gasteiger charge is 2.26. The number of halogens is 1. The normalized spacial score (nSPS) is 13.5. The van der Waals surface area contributed by atoms with Crippen LogP contribution in [-0.4, -0.2) is 19.6 Å². The molecule has 0 saturated carbocycles. The standard InChI is InChI=1S/C15H25FN2/c1-11(15(2,3)4)18(5)14-12(9-10-17)7-6-8-13(14)16/h6-8,11H,9-10,17H2,1-5H3. The van der Waals surface area contributed by atoms with Gasteiger partial charge in [0.15, 0.2) is 0 Å². The summed E-state index contributed by atoms with van der Waals surface area (Å²) in [6.45, 7) is 9.15. The van der Waals surface area contributed by atoms with Gasteiger partial charge in [-0.15, -0.1) is 0 Å². The molecule has 0 radical (unpaired) electrons. The van der Waals surface area contributed by atoms with Crippen LogP contribution in [0.2, 0.25) is 0 Å². The fourth-order valence-corrected chi connectivity index (χ4v) is 2.09. The molecule has 3 heteroatoms. The predicted molar refractivity (Wildman–Crippen MR) is 76.5 cm³/mol. The molecule has 0 heterocycles. The molecule has 102 valence electrons. The maximum Gasteiger partial charge on any atom is 0.146 e. The van der Waals surface area contributed by atoms with Gasteiger partial charge in [0.25, 0.3) is 0 Å². The van der Waals surface area contributed by atoms with Crippen molar-refractivity contribution >= 4 is 5.69 Å². The molecule has 0 amide bonds. The summed E-state index contributed by atoms with van der Waals surface area (Å²) in [5.74, 6) is -0.167. The first kappa shape index (κ1) is 15.0. The summed E-state index contributed by atoms with van der Waals surface area (Å²) in [6, 6.07) is 5.46. The van der Waals surface area contributed by atoms with E-state index in [-0.39, 0.29) is 17.3 Å². The number of hydrogen-bond donors (Lipinski definition) is 1. The second-order valence-electron chi connectivity index (χ2n) is 5.94. The van der Waals surface area contributed by atoms with Crippen LogP contribution in [0.3, 0.4) is 0 Å². The average molecular weight is 252 g/mol. The molecular weight excluding hydrogens is 227 g/mol. The van der Waals surface area contributed by atoms with Gasteiger partial charge in [0.05, 0.1) is 5.69 Å². The highest BCUT2D eigenvalue weighted by atomic mass is 19.1. The van der Waals surface area contributed by atoms with Crippen molar-refractivity contribution in [3.8, 4) is 0 Å². The number of hydrogen-bond acceptors (Lipinski definition) is 2. The summed E-state index contributed by atoms with van der Waals surface area (Å²) in [7, 11) is 1.95. The van der Waals surface area contributed by atoms with Crippen LogP contribution in [0.4, 0.5) is 10.1 Å². The van der Waals surface area contributed by atoms with Crippen molar-refractivity contribution in [2.75, 3.05) is 18.5 Å². The topological polar surface area (TPSA) is 29.3 Å². The van der Waals surface area contributed by atoms with E-state index in [2.05, 4.69) is 27.7 Å². The number of anilines is 1. The molecule has 0 saturated heterocycles. The number of benzene rings is 1. The molecule has 0 bridgehead atoms. The molecule has 0 aliphatic rings. The van der Waals surface area contributed by atoms with Crippen molar-refractivity contribution in [3.63, 3.8) is 0 Å². The molecule has 1 aromatic carbocycles. The third-order valence-corrected chi connectivity index (χ3v) is 3.67. The first-order valence-corrected chi connectivity index (χ1v) is 6.49. The Morgan fingerprint density at radius 2 is 1.94 bits per heavy atom. The number of nitrogens with two attached hydrogens (primary N) is 1. The average Bonchev–Trinajstić information content (AvgIpc) is 2.26. The molecule has 1 rings (SSSR count). The first-order chi connectivity index (χ1) is 8.29. The maximum absolute atomic E-state index is 14.1. The minimum atomic E-state index is -0.167. The van der Waals surface area contributed by atoms with Crippen molar-refractivity contribution in [1.82, 2.24) is 0 Å². The van der Waals surface area contributed by atoms with Gasteiger partial charge in [0.2, 0.25) is 0 Å². The third kappa shape index (κ3) is 3.22. The van der Waals surface area contributed by atoms with Gasteiger partial charge in [-0.1, -0.05) is 32.9 Å². The molecule has 2 N–H and O–H groups in total. The van der Waals surface area contributed by atoms with E-state index in [1.54, 1.807) is 6.07 Å². The predicted octanol–water partition coefficient (Wildman–Crippen LogP) is 3.20. The van der Waals surface area contributed by atoms with Gasteiger partial charge in [-0.05, 0) is 36.9 Å². The van der Waals surface area contributed by atoms with Gasteiger partial charge in [0, 0.05) is 13.1 Å². The molecule has 0 aliphatic heterocycles. The van der Waals surface area contributed by atoms with Crippen molar-refractivity contribution in [3.05, 3.63) is 29.6 Å². The lowest BCUT2D eigenvalue weighted by Gasteiger charge is -2.38. The zero-order chi connectivity index (χ0) is 13.9. The van der Waals surface area contributed by atoms with E-state index in [0.29, 0.717) is 18.7 Å². The van der Waals surface area contributed by atoms with Crippen molar-refractivity contribution in [2.45, 2.75) is 40.2 Å². The van der Waals surface area contributed by atoms with Gasteiger partial charge in [0.1, 0.15) is 5.82 Å². The largest absolute Gasteiger partial charge is 0.369 e. The van der Waals surface area contributed by atoms with E-state index in [4.69, 9.17) is 5.73 Å².